The van der Waals surface area contributed by atoms with Gasteiger partial charge in [0.15, 0.2) is 11.5 Å². The monoisotopic (exact) mass is 250 g/mol. The van der Waals surface area contributed by atoms with Gasteiger partial charge in [0.1, 0.15) is 0 Å². The summed E-state index contributed by atoms with van der Waals surface area (Å²) < 4.78 is 25.2. The van der Waals surface area contributed by atoms with E-state index in [1.165, 1.54) is 12.1 Å². The second kappa shape index (κ2) is 6.28. The highest BCUT2D eigenvalue weighted by atomic mass is 32.2. The Labute approximate surface area is 93.2 Å². The SMILES string of the molecule is NCCc1ccc(O)c(O)c1.NS(=O)(=O)O. The number of rotatable bonds is 2. The number of hydrogen-bond donors (Lipinski definition) is 5. The number of aromatic hydroxyl groups is 2. The van der Waals surface area contributed by atoms with E-state index in [0.29, 0.717) is 13.0 Å². The van der Waals surface area contributed by atoms with Crippen molar-refractivity contribution in [3.63, 3.8) is 0 Å². The first-order valence-electron chi connectivity index (χ1n) is 4.20. The van der Waals surface area contributed by atoms with E-state index in [9.17, 15) is 0 Å². The third kappa shape index (κ3) is 8.00. The second-order valence-electron chi connectivity index (χ2n) is 2.88. The normalized spacial score (nSPS) is 10.4. The molecule has 8 heteroatoms. The van der Waals surface area contributed by atoms with Crippen LogP contribution in [0.3, 0.4) is 0 Å². The Kier molecular flexibility index (Phi) is 5.75. The Hall–Kier alpha value is -1.35. The number of phenols is 2. The molecule has 0 aliphatic rings. The van der Waals surface area contributed by atoms with Gasteiger partial charge in [0.2, 0.25) is 0 Å². The lowest BCUT2D eigenvalue weighted by Crippen LogP contribution is -2.08. The van der Waals surface area contributed by atoms with Crippen LogP contribution in [0, 0.1) is 0 Å². The van der Waals surface area contributed by atoms with Gasteiger partial charge in [-0.05, 0) is 30.7 Å². The van der Waals surface area contributed by atoms with Crippen molar-refractivity contribution in [1.82, 2.24) is 0 Å². The van der Waals surface area contributed by atoms with Gasteiger partial charge < -0.3 is 15.9 Å². The molecule has 0 unspecified atom stereocenters. The fraction of sp³-hybridized carbons (Fsp3) is 0.250. The van der Waals surface area contributed by atoms with Gasteiger partial charge in [0.25, 0.3) is 0 Å². The van der Waals surface area contributed by atoms with Crippen molar-refractivity contribution < 1.29 is 23.2 Å². The lowest BCUT2D eigenvalue weighted by Gasteiger charge is -2.00. The molecule has 0 aromatic heterocycles. The van der Waals surface area contributed by atoms with E-state index in [-0.39, 0.29) is 11.5 Å². The molecule has 0 fully saturated rings. The molecule has 0 heterocycles. The summed E-state index contributed by atoms with van der Waals surface area (Å²) in [6.07, 6.45) is 0.716. The van der Waals surface area contributed by atoms with E-state index < -0.39 is 10.3 Å². The molecule has 0 aliphatic heterocycles. The first-order valence-corrected chi connectivity index (χ1v) is 5.70. The van der Waals surface area contributed by atoms with Crippen molar-refractivity contribution in [2.75, 3.05) is 6.54 Å². The van der Waals surface area contributed by atoms with Crippen LogP contribution < -0.4 is 10.9 Å². The third-order valence-corrected chi connectivity index (χ3v) is 1.47. The lowest BCUT2D eigenvalue weighted by atomic mass is 10.1. The average molecular weight is 250 g/mol. The van der Waals surface area contributed by atoms with Crippen LogP contribution in [0.15, 0.2) is 18.2 Å². The molecule has 0 atom stereocenters. The molecule has 16 heavy (non-hydrogen) atoms. The van der Waals surface area contributed by atoms with Gasteiger partial charge in [-0.1, -0.05) is 6.07 Å². The van der Waals surface area contributed by atoms with Crippen molar-refractivity contribution in [2.24, 2.45) is 10.9 Å². The average Bonchev–Trinajstić information content (AvgIpc) is 2.09. The van der Waals surface area contributed by atoms with E-state index >= 15 is 0 Å². The van der Waals surface area contributed by atoms with E-state index in [1.54, 1.807) is 6.07 Å². The molecule has 0 aliphatic carbocycles. The summed E-state index contributed by atoms with van der Waals surface area (Å²) in [6.45, 7) is 0.546. The molecule has 1 aromatic rings. The molecule has 7 N–H and O–H groups in total. The van der Waals surface area contributed by atoms with E-state index in [1.807, 2.05) is 0 Å². The molecule has 0 amide bonds. The zero-order valence-electron chi connectivity index (χ0n) is 8.37. The molecule has 1 rings (SSSR count). The van der Waals surface area contributed by atoms with Crippen molar-refractivity contribution in [3.8, 4) is 11.5 Å². The van der Waals surface area contributed by atoms with Crippen LogP contribution in [0.5, 0.6) is 11.5 Å². The first-order chi connectivity index (χ1) is 7.24. The summed E-state index contributed by atoms with van der Waals surface area (Å²) in [5.41, 5.74) is 6.24. The van der Waals surface area contributed by atoms with Gasteiger partial charge in [-0.15, -0.1) is 0 Å². The van der Waals surface area contributed by atoms with Gasteiger partial charge in [-0.25, -0.2) is 5.14 Å². The highest BCUT2D eigenvalue weighted by Crippen LogP contribution is 2.24. The quantitative estimate of drug-likeness (QED) is 0.348. The maximum atomic E-state index is 9.04. The predicted molar refractivity (Wildman–Crippen MR) is 58.3 cm³/mol. The van der Waals surface area contributed by atoms with Gasteiger partial charge in [0, 0.05) is 0 Å². The summed E-state index contributed by atoms with van der Waals surface area (Å²) in [5, 5.41) is 21.8. The Balaban J connectivity index is 0.000000385. The molecule has 7 nitrogen and oxygen atoms in total. The maximum Gasteiger partial charge on any atom is 0.330 e. The molecule has 0 spiro atoms. The van der Waals surface area contributed by atoms with Crippen LogP contribution in [0.1, 0.15) is 5.56 Å². The maximum absolute atomic E-state index is 9.04. The minimum absolute atomic E-state index is 0.0871. The topological polar surface area (TPSA) is 147 Å². The standard InChI is InChI=1S/C8H11NO2.H3NO3S/c9-4-3-6-1-2-7(10)8(11)5-6;1-5(2,3)4/h1-2,5,10-11H,3-4,9H2;(H3,1,2,3,4). The minimum atomic E-state index is -4.17. The molecule has 0 bridgehead atoms. The first kappa shape index (κ1) is 14.6. The molecule has 1 aromatic carbocycles. The summed E-state index contributed by atoms with van der Waals surface area (Å²) in [6, 6.07) is 4.71. The highest BCUT2D eigenvalue weighted by molar-refractivity contribution is 7.83. The van der Waals surface area contributed by atoms with Crippen LogP contribution in [0.2, 0.25) is 0 Å². The zero-order valence-corrected chi connectivity index (χ0v) is 9.18. The van der Waals surface area contributed by atoms with E-state index in [4.69, 9.17) is 28.9 Å². The number of nitrogens with two attached hydrogens (primary N) is 2. The minimum Gasteiger partial charge on any atom is -0.504 e. The Bertz CT molecular complexity index is 424. The van der Waals surface area contributed by atoms with Crippen molar-refractivity contribution in [3.05, 3.63) is 23.8 Å². The fourth-order valence-electron chi connectivity index (χ4n) is 0.891. The second-order valence-corrected chi connectivity index (χ2v) is 3.91. The Morgan fingerprint density at radius 1 is 1.19 bits per heavy atom. The van der Waals surface area contributed by atoms with Crippen molar-refractivity contribution in [2.45, 2.75) is 6.42 Å². The third-order valence-electron chi connectivity index (χ3n) is 1.47. The van der Waals surface area contributed by atoms with E-state index in [2.05, 4.69) is 5.14 Å². The highest BCUT2D eigenvalue weighted by Gasteiger charge is 1.98. The molecular weight excluding hydrogens is 236 g/mol. The largest absolute Gasteiger partial charge is 0.504 e. The summed E-state index contributed by atoms with van der Waals surface area (Å²) in [4.78, 5) is 0. The summed E-state index contributed by atoms with van der Waals surface area (Å²) >= 11 is 0. The summed E-state index contributed by atoms with van der Waals surface area (Å²) in [7, 11) is -4.17. The predicted octanol–water partition coefficient (Wildman–Crippen LogP) is -0.653. The Morgan fingerprint density at radius 2 is 1.69 bits per heavy atom. The van der Waals surface area contributed by atoms with Crippen LogP contribution in [-0.2, 0) is 16.7 Å². The van der Waals surface area contributed by atoms with Gasteiger partial charge in [-0.3, -0.25) is 4.55 Å². The van der Waals surface area contributed by atoms with Gasteiger partial charge in [-0.2, -0.15) is 8.42 Å². The van der Waals surface area contributed by atoms with E-state index in [0.717, 1.165) is 5.56 Å². The zero-order chi connectivity index (χ0) is 12.8. The number of hydrogen-bond acceptors (Lipinski definition) is 5. The van der Waals surface area contributed by atoms with Crippen LogP contribution in [0.25, 0.3) is 0 Å². The number of phenolic OH excluding ortho intramolecular Hbond substituents is 2. The molecular formula is C8H14N2O5S. The van der Waals surface area contributed by atoms with Crippen LogP contribution in [0.4, 0.5) is 0 Å². The lowest BCUT2D eigenvalue weighted by molar-refractivity contribution is 0.403. The van der Waals surface area contributed by atoms with Gasteiger partial charge >= 0.3 is 10.3 Å². The molecule has 0 saturated heterocycles. The fourth-order valence-corrected chi connectivity index (χ4v) is 0.891. The number of benzene rings is 1. The Morgan fingerprint density at radius 3 is 2.06 bits per heavy atom. The van der Waals surface area contributed by atoms with Crippen molar-refractivity contribution >= 4 is 10.3 Å². The van der Waals surface area contributed by atoms with Crippen molar-refractivity contribution in [1.29, 1.82) is 0 Å². The van der Waals surface area contributed by atoms with Crippen LogP contribution >= 0.6 is 0 Å². The molecule has 0 radical (unpaired) electrons. The van der Waals surface area contributed by atoms with Crippen LogP contribution in [-0.4, -0.2) is 29.7 Å². The molecule has 92 valence electrons. The summed E-state index contributed by atoms with van der Waals surface area (Å²) in [5.74, 6) is -0.179. The smallest absolute Gasteiger partial charge is 0.330 e. The van der Waals surface area contributed by atoms with Gasteiger partial charge in [0.05, 0.1) is 0 Å². The molecule has 0 saturated carbocycles.